The van der Waals surface area contributed by atoms with Gasteiger partial charge in [0, 0.05) is 11.8 Å². The van der Waals surface area contributed by atoms with Gasteiger partial charge in [0.25, 0.3) is 0 Å². The molecule has 6 heteroatoms. The smallest absolute Gasteiger partial charge is 0.237 e. The number of likely N-dealkylation sites (N-methyl/N-ethyl adjacent to an activating group) is 1. The van der Waals surface area contributed by atoms with Crippen LogP contribution in [0.25, 0.3) is 0 Å². The van der Waals surface area contributed by atoms with E-state index in [2.05, 4.69) is 17.1 Å². The second kappa shape index (κ2) is 7.24. The maximum Gasteiger partial charge on any atom is 0.237 e. The zero-order valence-electron chi connectivity index (χ0n) is 12.2. The van der Waals surface area contributed by atoms with Crippen molar-refractivity contribution >= 4 is 15.7 Å². The van der Waals surface area contributed by atoms with Gasteiger partial charge in [0.05, 0.1) is 11.8 Å². The lowest BCUT2D eigenvalue weighted by Crippen LogP contribution is -2.52. The van der Waals surface area contributed by atoms with Crippen LogP contribution in [0.3, 0.4) is 0 Å². The van der Waals surface area contributed by atoms with Crippen molar-refractivity contribution in [3.63, 3.8) is 0 Å². The molecular weight excluding hydrogens is 264 g/mol. The Balaban J connectivity index is 2.53. The molecule has 2 atom stereocenters. The monoisotopic (exact) mass is 290 g/mol. The molecule has 1 aliphatic heterocycles. The number of hydrogen-bond acceptors (Lipinski definition) is 4. The van der Waals surface area contributed by atoms with Crippen LogP contribution in [0.1, 0.15) is 40.0 Å². The van der Waals surface area contributed by atoms with E-state index in [0.717, 1.165) is 32.4 Å². The average Bonchev–Trinajstić information content (AvgIpc) is 2.37. The Morgan fingerprint density at radius 1 is 1.37 bits per heavy atom. The number of likely N-dealkylation sites (tertiary alicyclic amines) is 1. The molecule has 1 fully saturated rings. The topological polar surface area (TPSA) is 66.5 Å². The third kappa shape index (κ3) is 5.10. The molecule has 112 valence electrons. The van der Waals surface area contributed by atoms with Gasteiger partial charge in [-0.3, -0.25) is 9.69 Å². The summed E-state index contributed by atoms with van der Waals surface area (Å²) in [4.78, 5) is 14.4. The van der Waals surface area contributed by atoms with Crippen LogP contribution >= 0.6 is 0 Å². The van der Waals surface area contributed by atoms with Gasteiger partial charge in [-0.1, -0.05) is 20.3 Å². The lowest BCUT2D eigenvalue weighted by Gasteiger charge is -2.34. The summed E-state index contributed by atoms with van der Waals surface area (Å²) in [5.41, 5.74) is 0. The second-order valence-corrected chi connectivity index (χ2v) is 7.65. The van der Waals surface area contributed by atoms with Gasteiger partial charge in [-0.05, 0) is 32.9 Å². The summed E-state index contributed by atoms with van der Waals surface area (Å²) in [6.07, 6.45) is 3.07. The number of carbonyl (C=O) groups is 1. The van der Waals surface area contributed by atoms with Gasteiger partial charge in [0.2, 0.25) is 5.91 Å². The first-order valence-electron chi connectivity index (χ1n) is 7.14. The number of amides is 1. The summed E-state index contributed by atoms with van der Waals surface area (Å²) in [5.74, 6) is 0.117. The molecule has 0 aliphatic carbocycles. The molecular formula is C13H26N2O3S. The Morgan fingerprint density at radius 2 is 2.05 bits per heavy atom. The summed E-state index contributed by atoms with van der Waals surface area (Å²) in [5, 5.41) is 2.84. The molecule has 5 nitrogen and oxygen atoms in total. The van der Waals surface area contributed by atoms with Crippen LogP contribution in [0.5, 0.6) is 0 Å². The number of hydrogen-bond donors (Lipinski definition) is 1. The van der Waals surface area contributed by atoms with Gasteiger partial charge >= 0.3 is 0 Å². The fourth-order valence-electron chi connectivity index (χ4n) is 2.55. The van der Waals surface area contributed by atoms with Crippen LogP contribution < -0.4 is 5.32 Å². The minimum absolute atomic E-state index is 0.0219. The molecule has 1 saturated heterocycles. The normalized spacial score (nSPS) is 23.0. The Morgan fingerprint density at radius 3 is 2.63 bits per heavy atom. The molecule has 19 heavy (non-hydrogen) atoms. The molecule has 0 aromatic heterocycles. The van der Waals surface area contributed by atoms with E-state index in [-0.39, 0.29) is 29.5 Å². The standard InChI is InChI=1S/C13H26N2O3S/c1-4-15-9-7-6-8-12(15)13(16)14-11(3)10-19(17,18)5-2/h11-12H,4-10H2,1-3H3,(H,14,16)/t11-,12-/m0/s1. The van der Waals surface area contributed by atoms with Crippen LogP contribution in [-0.2, 0) is 14.6 Å². The zero-order chi connectivity index (χ0) is 14.5. The van der Waals surface area contributed by atoms with Crippen molar-refractivity contribution in [3.05, 3.63) is 0 Å². The summed E-state index contributed by atoms with van der Waals surface area (Å²) in [6.45, 7) is 7.25. The van der Waals surface area contributed by atoms with E-state index in [1.54, 1.807) is 13.8 Å². The molecule has 0 unspecified atom stereocenters. The van der Waals surface area contributed by atoms with Gasteiger partial charge in [-0.2, -0.15) is 0 Å². The first kappa shape index (κ1) is 16.4. The van der Waals surface area contributed by atoms with Crippen LogP contribution in [0, 0.1) is 0 Å². The zero-order valence-corrected chi connectivity index (χ0v) is 13.0. The summed E-state index contributed by atoms with van der Waals surface area (Å²) >= 11 is 0. The fraction of sp³-hybridized carbons (Fsp3) is 0.923. The summed E-state index contributed by atoms with van der Waals surface area (Å²) < 4.78 is 23.1. The van der Waals surface area contributed by atoms with Crippen LogP contribution in [0.2, 0.25) is 0 Å². The van der Waals surface area contributed by atoms with Crippen molar-refractivity contribution in [2.24, 2.45) is 0 Å². The highest BCUT2D eigenvalue weighted by Gasteiger charge is 2.28. The molecule has 0 bridgehead atoms. The van der Waals surface area contributed by atoms with Crippen LogP contribution in [0.4, 0.5) is 0 Å². The average molecular weight is 290 g/mol. The predicted octanol–water partition coefficient (Wildman–Crippen LogP) is 0.800. The molecule has 1 aliphatic rings. The Kier molecular flexibility index (Phi) is 6.26. The largest absolute Gasteiger partial charge is 0.351 e. The molecule has 1 N–H and O–H groups in total. The maximum atomic E-state index is 12.2. The number of carbonyl (C=O) groups excluding carboxylic acids is 1. The number of nitrogens with one attached hydrogen (secondary N) is 1. The lowest BCUT2D eigenvalue weighted by atomic mass is 10.0. The third-order valence-corrected chi connectivity index (χ3v) is 5.54. The van der Waals surface area contributed by atoms with E-state index >= 15 is 0 Å². The van der Waals surface area contributed by atoms with E-state index in [4.69, 9.17) is 0 Å². The molecule has 0 radical (unpaired) electrons. The summed E-state index contributed by atoms with van der Waals surface area (Å²) in [6, 6.07) is -0.413. The van der Waals surface area contributed by atoms with Crippen molar-refractivity contribution in [3.8, 4) is 0 Å². The van der Waals surface area contributed by atoms with Gasteiger partial charge in [-0.25, -0.2) is 8.42 Å². The van der Waals surface area contributed by atoms with E-state index in [1.807, 2.05) is 0 Å². The Labute approximate surface area is 116 Å². The highest BCUT2D eigenvalue weighted by atomic mass is 32.2. The van der Waals surface area contributed by atoms with E-state index in [0.29, 0.717) is 0 Å². The van der Waals surface area contributed by atoms with E-state index < -0.39 is 9.84 Å². The second-order valence-electron chi connectivity index (χ2n) is 5.25. The van der Waals surface area contributed by atoms with E-state index in [1.165, 1.54) is 0 Å². The molecule has 0 saturated carbocycles. The highest BCUT2D eigenvalue weighted by Crippen LogP contribution is 2.16. The summed E-state index contributed by atoms with van der Waals surface area (Å²) in [7, 11) is -3.04. The lowest BCUT2D eigenvalue weighted by molar-refractivity contribution is -0.128. The van der Waals surface area contributed by atoms with Crippen molar-refractivity contribution in [1.29, 1.82) is 0 Å². The van der Waals surface area contributed by atoms with Crippen LogP contribution in [-0.4, -0.2) is 55.9 Å². The van der Waals surface area contributed by atoms with Crippen molar-refractivity contribution in [2.75, 3.05) is 24.6 Å². The molecule has 0 aromatic carbocycles. The van der Waals surface area contributed by atoms with Gasteiger partial charge < -0.3 is 5.32 Å². The number of rotatable bonds is 6. The first-order chi connectivity index (χ1) is 8.89. The van der Waals surface area contributed by atoms with Gasteiger partial charge in [-0.15, -0.1) is 0 Å². The fourth-order valence-corrected chi connectivity index (χ4v) is 3.63. The van der Waals surface area contributed by atoms with Crippen molar-refractivity contribution in [2.45, 2.75) is 52.1 Å². The third-order valence-electron chi connectivity index (χ3n) is 3.65. The molecule has 1 heterocycles. The molecule has 1 rings (SSSR count). The van der Waals surface area contributed by atoms with Gasteiger partial charge in [0.15, 0.2) is 9.84 Å². The number of piperidine rings is 1. The van der Waals surface area contributed by atoms with E-state index in [9.17, 15) is 13.2 Å². The minimum atomic E-state index is -3.04. The van der Waals surface area contributed by atoms with Crippen molar-refractivity contribution < 1.29 is 13.2 Å². The number of nitrogens with zero attached hydrogens (tertiary/aromatic N) is 1. The Bertz CT molecular complexity index is 395. The number of sulfone groups is 1. The molecule has 0 aromatic rings. The molecule has 1 amide bonds. The van der Waals surface area contributed by atoms with Gasteiger partial charge in [0.1, 0.15) is 0 Å². The quantitative estimate of drug-likeness (QED) is 0.786. The maximum absolute atomic E-state index is 12.2. The predicted molar refractivity (Wildman–Crippen MR) is 76.8 cm³/mol. The van der Waals surface area contributed by atoms with Crippen LogP contribution in [0.15, 0.2) is 0 Å². The molecule has 0 spiro atoms. The first-order valence-corrected chi connectivity index (χ1v) is 8.96. The highest BCUT2D eigenvalue weighted by molar-refractivity contribution is 7.91. The SMILES string of the molecule is CCN1CCCC[C@H]1C(=O)N[C@@H](C)CS(=O)(=O)CC. The Hall–Kier alpha value is -0.620. The van der Waals surface area contributed by atoms with Crippen molar-refractivity contribution in [1.82, 2.24) is 10.2 Å². The minimum Gasteiger partial charge on any atom is -0.351 e.